The van der Waals surface area contributed by atoms with Gasteiger partial charge in [-0.2, -0.15) is 0 Å². The number of alkyl halides is 1. The molecule has 0 radical (unpaired) electrons. The van der Waals surface area contributed by atoms with Crippen LogP contribution in [-0.4, -0.2) is 38.9 Å². The van der Waals surface area contributed by atoms with Gasteiger partial charge in [0.1, 0.15) is 5.60 Å². The number of nitrogens with zero attached hydrogens (tertiary/aromatic N) is 1. The van der Waals surface area contributed by atoms with Crippen LogP contribution in [0.5, 0.6) is 0 Å². The maximum atomic E-state index is 13.0. The summed E-state index contributed by atoms with van der Waals surface area (Å²) in [6, 6.07) is 7.79. The summed E-state index contributed by atoms with van der Waals surface area (Å²) in [5.41, 5.74) is 1.51. The summed E-state index contributed by atoms with van der Waals surface area (Å²) in [5, 5.41) is 0.787. The van der Waals surface area contributed by atoms with Gasteiger partial charge in [0.15, 0.2) is 0 Å². The van der Waals surface area contributed by atoms with Crippen LogP contribution in [0.15, 0.2) is 30.5 Å². The van der Waals surface area contributed by atoms with E-state index in [0.717, 1.165) is 55.0 Å². The molecule has 1 aromatic carbocycles. The third kappa shape index (κ3) is 4.66. The van der Waals surface area contributed by atoms with Crippen LogP contribution in [0.2, 0.25) is 0 Å². The maximum absolute atomic E-state index is 13.0. The molecule has 1 aliphatic rings. The summed E-state index contributed by atoms with van der Waals surface area (Å²) in [4.78, 5) is 30.7. The fraction of sp³-hybridized carbons (Fsp3) is 0.583. The third-order valence-corrected chi connectivity index (χ3v) is 6.28. The molecule has 0 aliphatic carbocycles. The molecule has 2 aromatic rings. The number of ether oxygens (including phenoxy) is 1. The average Bonchev–Trinajstić information content (AvgIpc) is 3.24. The molecule has 2 amide bonds. The second-order valence-electron chi connectivity index (χ2n) is 8.47. The first kappa shape index (κ1) is 22.7. The van der Waals surface area contributed by atoms with E-state index in [2.05, 4.69) is 24.9 Å². The average molecular weight is 433 g/mol. The molecule has 2 heterocycles. The SMILES string of the molecule is CCCCC1(CCCC)OC(=O)N(C(=O)C[C@H](C)Cl)[C@H]1Cc1c[nH]c2ccccc12. The Kier molecular flexibility index (Phi) is 7.45. The van der Waals surface area contributed by atoms with Crippen molar-refractivity contribution in [2.24, 2.45) is 0 Å². The van der Waals surface area contributed by atoms with Crippen LogP contribution >= 0.6 is 11.6 Å². The Labute approximate surface area is 184 Å². The van der Waals surface area contributed by atoms with Crippen LogP contribution < -0.4 is 0 Å². The van der Waals surface area contributed by atoms with E-state index in [1.807, 2.05) is 24.4 Å². The predicted molar refractivity (Wildman–Crippen MR) is 121 cm³/mol. The Morgan fingerprint density at radius 2 is 1.90 bits per heavy atom. The number of para-hydroxylation sites is 1. The zero-order chi connectivity index (χ0) is 21.7. The summed E-state index contributed by atoms with van der Waals surface area (Å²) in [7, 11) is 0. The number of aromatic amines is 1. The zero-order valence-electron chi connectivity index (χ0n) is 18.2. The smallest absolute Gasteiger partial charge is 0.417 e. The molecule has 164 valence electrons. The van der Waals surface area contributed by atoms with E-state index < -0.39 is 11.7 Å². The van der Waals surface area contributed by atoms with Crippen LogP contribution in [0.4, 0.5) is 4.79 Å². The highest BCUT2D eigenvalue weighted by Crippen LogP contribution is 2.41. The molecule has 1 fully saturated rings. The molecule has 1 aromatic heterocycles. The van der Waals surface area contributed by atoms with Gasteiger partial charge >= 0.3 is 6.09 Å². The molecule has 0 unspecified atom stereocenters. The Balaban J connectivity index is 2.01. The standard InChI is InChI=1S/C24H33ClN2O3/c1-4-6-12-24(13-7-5-2)21(27(23(29)30-24)22(28)14-17(3)25)15-18-16-26-20-11-9-8-10-19(18)20/h8-11,16-17,21,26H,4-7,12-15H2,1-3H3/t17-,21-/m0/s1. The second kappa shape index (κ2) is 9.86. The number of rotatable bonds is 10. The number of aromatic nitrogens is 1. The number of halogens is 1. The lowest BCUT2D eigenvalue weighted by atomic mass is 9.81. The highest BCUT2D eigenvalue weighted by molar-refractivity contribution is 6.21. The summed E-state index contributed by atoms with van der Waals surface area (Å²) >= 11 is 6.10. The lowest BCUT2D eigenvalue weighted by Gasteiger charge is -2.35. The Morgan fingerprint density at radius 3 is 2.53 bits per heavy atom. The Bertz CT molecular complexity index is 868. The van der Waals surface area contributed by atoms with Gasteiger partial charge < -0.3 is 9.72 Å². The summed E-state index contributed by atoms with van der Waals surface area (Å²) in [6.07, 6.45) is 7.63. The van der Waals surface area contributed by atoms with E-state index in [0.29, 0.717) is 6.42 Å². The first-order valence-electron chi connectivity index (χ1n) is 11.2. The van der Waals surface area contributed by atoms with Crippen LogP contribution in [0, 0.1) is 0 Å². The molecule has 0 saturated carbocycles. The van der Waals surface area contributed by atoms with Crippen molar-refractivity contribution in [3.8, 4) is 0 Å². The first-order chi connectivity index (χ1) is 14.4. The minimum absolute atomic E-state index is 0.124. The monoisotopic (exact) mass is 432 g/mol. The number of unbranched alkanes of at least 4 members (excludes halogenated alkanes) is 2. The van der Waals surface area contributed by atoms with Gasteiger partial charge in [-0.05, 0) is 50.7 Å². The Morgan fingerprint density at radius 1 is 1.23 bits per heavy atom. The molecule has 30 heavy (non-hydrogen) atoms. The van der Waals surface area contributed by atoms with E-state index >= 15 is 0 Å². The van der Waals surface area contributed by atoms with Crippen LogP contribution in [0.25, 0.3) is 10.9 Å². The van der Waals surface area contributed by atoms with Crippen LogP contribution in [-0.2, 0) is 16.0 Å². The van der Waals surface area contributed by atoms with E-state index in [9.17, 15) is 9.59 Å². The third-order valence-electron chi connectivity index (χ3n) is 6.13. The molecule has 1 aliphatic heterocycles. The molecule has 3 rings (SSSR count). The summed E-state index contributed by atoms with van der Waals surface area (Å²) in [5.74, 6) is -0.248. The molecule has 2 atom stereocenters. The quantitative estimate of drug-likeness (QED) is 0.455. The van der Waals surface area contributed by atoms with Crippen molar-refractivity contribution in [3.05, 3.63) is 36.0 Å². The zero-order valence-corrected chi connectivity index (χ0v) is 19.0. The summed E-state index contributed by atoms with van der Waals surface area (Å²) in [6.45, 7) is 6.05. The number of benzene rings is 1. The fourth-order valence-electron chi connectivity index (χ4n) is 4.57. The number of amides is 2. The normalized spacial score (nSPS) is 19.3. The fourth-order valence-corrected chi connectivity index (χ4v) is 4.70. The largest absolute Gasteiger partial charge is 0.440 e. The van der Waals surface area contributed by atoms with Crippen molar-refractivity contribution >= 4 is 34.5 Å². The number of H-pyrrole nitrogens is 1. The predicted octanol–water partition coefficient (Wildman–Crippen LogP) is 6.19. The van der Waals surface area contributed by atoms with E-state index in [1.165, 1.54) is 4.90 Å². The van der Waals surface area contributed by atoms with E-state index in [4.69, 9.17) is 16.3 Å². The summed E-state index contributed by atoms with van der Waals surface area (Å²) < 4.78 is 6.05. The van der Waals surface area contributed by atoms with Crippen molar-refractivity contribution in [3.63, 3.8) is 0 Å². The molecule has 0 bridgehead atoms. The first-order valence-corrected chi connectivity index (χ1v) is 11.6. The number of imide groups is 1. The van der Waals surface area contributed by atoms with Crippen LogP contribution in [0.1, 0.15) is 71.3 Å². The van der Waals surface area contributed by atoms with Gasteiger partial charge in [0, 0.05) is 28.9 Å². The van der Waals surface area contributed by atoms with Gasteiger partial charge in [-0.25, -0.2) is 9.69 Å². The molecule has 1 N–H and O–H groups in total. The highest BCUT2D eigenvalue weighted by atomic mass is 35.5. The van der Waals surface area contributed by atoms with Gasteiger partial charge in [0.05, 0.1) is 6.04 Å². The molecular weight excluding hydrogens is 400 g/mol. The maximum Gasteiger partial charge on any atom is 0.417 e. The minimum atomic E-state index is -0.646. The van der Waals surface area contributed by atoms with Gasteiger partial charge in [-0.1, -0.05) is 44.9 Å². The number of hydrogen-bond donors (Lipinski definition) is 1. The van der Waals surface area contributed by atoms with Crippen molar-refractivity contribution in [1.82, 2.24) is 9.88 Å². The highest BCUT2D eigenvalue weighted by Gasteiger charge is 2.55. The minimum Gasteiger partial charge on any atom is -0.440 e. The van der Waals surface area contributed by atoms with Crippen molar-refractivity contribution in [2.45, 2.75) is 89.2 Å². The van der Waals surface area contributed by atoms with Crippen molar-refractivity contribution in [2.75, 3.05) is 0 Å². The second-order valence-corrected chi connectivity index (χ2v) is 9.21. The van der Waals surface area contributed by atoms with Crippen LogP contribution in [0.3, 0.4) is 0 Å². The number of cyclic esters (lactones) is 1. The molecule has 6 heteroatoms. The number of carbonyl (C=O) groups excluding carboxylic acids is 2. The van der Waals surface area contributed by atoms with E-state index in [1.54, 1.807) is 6.92 Å². The van der Waals surface area contributed by atoms with E-state index in [-0.39, 0.29) is 23.7 Å². The molecule has 0 spiro atoms. The van der Waals surface area contributed by atoms with Gasteiger partial charge in [-0.3, -0.25) is 4.79 Å². The molecule has 5 nitrogen and oxygen atoms in total. The lowest BCUT2D eigenvalue weighted by Crippen LogP contribution is -2.49. The van der Waals surface area contributed by atoms with Gasteiger partial charge in [0.2, 0.25) is 5.91 Å². The van der Waals surface area contributed by atoms with Crippen molar-refractivity contribution in [1.29, 1.82) is 0 Å². The topological polar surface area (TPSA) is 62.4 Å². The number of fused-ring (bicyclic) bond motifs is 1. The number of carbonyl (C=O) groups is 2. The molecular formula is C24H33ClN2O3. The van der Waals surface area contributed by atoms with Gasteiger partial charge in [-0.15, -0.1) is 11.6 Å². The molecule has 1 saturated heterocycles. The van der Waals surface area contributed by atoms with Gasteiger partial charge in [0.25, 0.3) is 0 Å². The lowest BCUT2D eigenvalue weighted by molar-refractivity contribution is -0.129. The number of hydrogen-bond acceptors (Lipinski definition) is 3. The van der Waals surface area contributed by atoms with Crippen molar-refractivity contribution < 1.29 is 14.3 Å². The number of nitrogens with one attached hydrogen (secondary N) is 1. The Hall–Kier alpha value is -2.01.